The summed E-state index contributed by atoms with van der Waals surface area (Å²) in [6.45, 7) is 0.440. The van der Waals surface area contributed by atoms with Crippen LogP contribution in [0.4, 0.5) is 5.69 Å². The first-order valence-corrected chi connectivity index (χ1v) is 6.93. The van der Waals surface area contributed by atoms with Crippen LogP contribution < -0.4 is 5.73 Å². The topological polar surface area (TPSA) is 82.8 Å². The van der Waals surface area contributed by atoms with Crippen molar-refractivity contribution < 1.29 is 4.52 Å². The fourth-order valence-electron chi connectivity index (χ4n) is 2.64. The third-order valence-electron chi connectivity index (χ3n) is 3.92. The lowest BCUT2D eigenvalue weighted by Gasteiger charge is -2.09. The van der Waals surface area contributed by atoms with Crippen LogP contribution in [0.25, 0.3) is 0 Å². The SMILES string of the molecule is Nc1cnn(Cc2nc(C3(c4ccccc4)CC3)no2)c1. The zero-order valence-electron chi connectivity index (χ0n) is 11.4. The molecular weight excluding hydrogens is 266 g/mol. The lowest BCUT2D eigenvalue weighted by molar-refractivity contribution is 0.359. The Morgan fingerprint density at radius 1 is 1.24 bits per heavy atom. The van der Waals surface area contributed by atoms with Crippen molar-refractivity contribution in [1.82, 2.24) is 19.9 Å². The van der Waals surface area contributed by atoms with Crippen molar-refractivity contribution in [3.05, 3.63) is 60.0 Å². The summed E-state index contributed by atoms with van der Waals surface area (Å²) in [6.07, 6.45) is 5.47. The molecular formula is C15H15N5O. The number of hydrogen-bond acceptors (Lipinski definition) is 5. The number of aromatic nitrogens is 4. The number of nitrogens with zero attached hydrogens (tertiary/aromatic N) is 4. The largest absolute Gasteiger partial charge is 0.396 e. The van der Waals surface area contributed by atoms with Gasteiger partial charge in [-0.25, -0.2) is 0 Å². The molecule has 6 heteroatoms. The van der Waals surface area contributed by atoms with E-state index in [1.54, 1.807) is 17.1 Å². The predicted molar refractivity (Wildman–Crippen MR) is 76.5 cm³/mol. The average Bonchev–Trinajstić information content (AvgIpc) is 3.02. The van der Waals surface area contributed by atoms with Gasteiger partial charge < -0.3 is 10.3 Å². The van der Waals surface area contributed by atoms with Gasteiger partial charge in [-0.1, -0.05) is 35.5 Å². The first kappa shape index (κ1) is 12.1. The third-order valence-corrected chi connectivity index (χ3v) is 3.92. The minimum Gasteiger partial charge on any atom is -0.396 e. The van der Waals surface area contributed by atoms with E-state index in [0.717, 1.165) is 18.7 Å². The second kappa shape index (κ2) is 4.44. The third kappa shape index (κ3) is 2.08. The highest BCUT2D eigenvalue weighted by molar-refractivity contribution is 5.38. The van der Waals surface area contributed by atoms with Crippen molar-refractivity contribution in [2.45, 2.75) is 24.8 Å². The highest BCUT2D eigenvalue weighted by Gasteiger charge is 2.49. The Balaban J connectivity index is 1.60. The minimum absolute atomic E-state index is 0.0633. The van der Waals surface area contributed by atoms with Crippen LogP contribution in [0.15, 0.2) is 47.2 Å². The minimum atomic E-state index is -0.0633. The number of anilines is 1. The molecule has 3 aromatic rings. The molecule has 2 heterocycles. The summed E-state index contributed by atoms with van der Waals surface area (Å²) in [6, 6.07) is 10.4. The molecule has 1 aromatic carbocycles. The molecule has 1 aliphatic carbocycles. The van der Waals surface area contributed by atoms with E-state index in [9.17, 15) is 0 Å². The van der Waals surface area contributed by atoms with Gasteiger partial charge in [0.05, 0.1) is 17.3 Å². The molecule has 0 spiro atoms. The molecule has 0 atom stereocenters. The molecule has 0 unspecified atom stereocenters. The molecule has 4 rings (SSSR count). The van der Waals surface area contributed by atoms with Crippen LogP contribution in [0.1, 0.15) is 30.1 Å². The van der Waals surface area contributed by atoms with Crippen molar-refractivity contribution in [2.75, 3.05) is 5.73 Å². The molecule has 1 fully saturated rings. The zero-order chi connectivity index (χ0) is 14.3. The molecule has 2 aromatic heterocycles. The Kier molecular flexibility index (Phi) is 2.57. The monoisotopic (exact) mass is 281 g/mol. The number of nitrogens with two attached hydrogens (primary N) is 1. The standard InChI is InChI=1S/C15H15N5O/c16-12-8-17-20(9-12)10-13-18-14(19-21-13)15(6-7-15)11-4-2-1-3-5-11/h1-5,8-9H,6-7,10,16H2. The molecule has 106 valence electrons. The quantitative estimate of drug-likeness (QED) is 0.790. The van der Waals surface area contributed by atoms with Crippen molar-refractivity contribution in [3.63, 3.8) is 0 Å². The Morgan fingerprint density at radius 3 is 2.71 bits per heavy atom. The van der Waals surface area contributed by atoms with Crippen LogP contribution in [0.2, 0.25) is 0 Å². The van der Waals surface area contributed by atoms with Crippen LogP contribution in [0.3, 0.4) is 0 Å². The van der Waals surface area contributed by atoms with Crippen LogP contribution in [0.5, 0.6) is 0 Å². The van der Waals surface area contributed by atoms with Crippen molar-refractivity contribution in [3.8, 4) is 0 Å². The molecule has 1 aliphatic rings. The van der Waals surface area contributed by atoms with Gasteiger partial charge in [-0.05, 0) is 18.4 Å². The fraction of sp³-hybridized carbons (Fsp3) is 0.267. The molecule has 0 amide bonds. The van der Waals surface area contributed by atoms with Gasteiger partial charge in [0.25, 0.3) is 0 Å². The van der Waals surface area contributed by atoms with Crippen LogP contribution >= 0.6 is 0 Å². The summed E-state index contributed by atoms with van der Waals surface area (Å²) >= 11 is 0. The van der Waals surface area contributed by atoms with E-state index < -0.39 is 0 Å². The molecule has 1 saturated carbocycles. The lowest BCUT2D eigenvalue weighted by Crippen LogP contribution is -2.11. The van der Waals surface area contributed by atoms with Crippen LogP contribution in [-0.2, 0) is 12.0 Å². The summed E-state index contributed by atoms with van der Waals surface area (Å²) in [7, 11) is 0. The molecule has 0 bridgehead atoms. The molecule has 6 nitrogen and oxygen atoms in total. The number of rotatable bonds is 4. The van der Waals surface area contributed by atoms with Crippen molar-refractivity contribution in [1.29, 1.82) is 0 Å². The molecule has 21 heavy (non-hydrogen) atoms. The van der Waals surface area contributed by atoms with Crippen molar-refractivity contribution >= 4 is 5.69 Å². The highest BCUT2D eigenvalue weighted by atomic mass is 16.5. The summed E-state index contributed by atoms with van der Waals surface area (Å²) in [5.74, 6) is 1.32. The Hall–Kier alpha value is -2.63. The lowest BCUT2D eigenvalue weighted by atomic mass is 9.95. The van der Waals surface area contributed by atoms with Crippen molar-refractivity contribution in [2.24, 2.45) is 0 Å². The van der Waals surface area contributed by atoms with Gasteiger partial charge >= 0.3 is 0 Å². The van der Waals surface area contributed by atoms with Crippen LogP contribution in [0, 0.1) is 0 Å². The van der Waals surface area contributed by atoms with E-state index in [1.807, 2.05) is 18.2 Å². The van der Waals surface area contributed by atoms with E-state index in [-0.39, 0.29) is 5.41 Å². The van der Waals surface area contributed by atoms with Gasteiger partial charge in [0.2, 0.25) is 5.89 Å². The average molecular weight is 281 g/mol. The predicted octanol–water partition coefficient (Wildman–Crippen LogP) is 1.98. The maximum absolute atomic E-state index is 5.64. The normalized spacial score (nSPS) is 16.0. The maximum Gasteiger partial charge on any atom is 0.248 e. The Labute approximate surface area is 121 Å². The first-order chi connectivity index (χ1) is 10.3. The summed E-state index contributed by atoms with van der Waals surface area (Å²) in [5, 5.41) is 8.29. The highest BCUT2D eigenvalue weighted by Crippen LogP contribution is 2.52. The van der Waals surface area contributed by atoms with Gasteiger partial charge in [0.15, 0.2) is 5.82 Å². The van der Waals surface area contributed by atoms with E-state index in [2.05, 4.69) is 27.4 Å². The Bertz CT molecular complexity index is 757. The smallest absolute Gasteiger partial charge is 0.248 e. The van der Waals surface area contributed by atoms with Crippen LogP contribution in [-0.4, -0.2) is 19.9 Å². The number of hydrogen-bond donors (Lipinski definition) is 1. The summed E-state index contributed by atoms with van der Waals surface area (Å²) in [5.41, 5.74) is 7.45. The molecule has 0 radical (unpaired) electrons. The van der Waals surface area contributed by atoms with E-state index in [4.69, 9.17) is 10.3 Å². The first-order valence-electron chi connectivity index (χ1n) is 6.93. The van der Waals surface area contributed by atoms with Gasteiger partial charge in [0, 0.05) is 6.20 Å². The number of nitrogen functional groups attached to an aromatic ring is 1. The zero-order valence-corrected chi connectivity index (χ0v) is 11.4. The Morgan fingerprint density at radius 2 is 2.05 bits per heavy atom. The second-order valence-electron chi connectivity index (χ2n) is 5.43. The van der Waals surface area contributed by atoms with Gasteiger partial charge in [-0.3, -0.25) is 4.68 Å². The fourth-order valence-corrected chi connectivity index (χ4v) is 2.64. The molecule has 0 saturated heterocycles. The van der Waals surface area contributed by atoms with Gasteiger partial charge in [0.1, 0.15) is 6.54 Å². The molecule has 0 aliphatic heterocycles. The summed E-state index contributed by atoms with van der Waals surface area (Å²) < 4.78 is 7.05. The maximum atomic E-state index is 5.64. The van der Waals surface area contributed by atoms with Gasteiger partial charge in [-0.2, -0.15) is 10.1 Å². The van der Waals surface area contributed by atoms with E-state index in [1.165, 1.54) is 5.56 Å². The number of benzene rings is 1. The second-order valence-corrected chi connectivity index (χ2v) is 5.43. The van der Waals surface area contributed by atoms with E-state index >= 15 is 0 Å². The van der Waals surface area contributed by atoms with E-state index in [0.29, 0.717) is 18.1 Å². The van der Waals surface area contributed by atoms with Gasteiger partial charge in [-0.15, -0.1) is 0 Å². The molecule has 2 N–H and O–H groups in total. The summed E-state index contributed by atoms with van der Waals surface area (Å²) in [4.78, 5) is 4.55.